The number of benzene rings is 3. The van der Waals surface area contributed by atoms with E-state index in [1.807, 2.05) is 24.3 Å². The van der Waals surface area contributed by atoms with Crippen molar-refractivity contribution in [1.29, 1.82) is 0 Å². The maximum absolute atomic E-state index is 12.2. The van der Waals surface area contributed by atoms with E-state index in [9.17, 15) is 4.79 Å². The van der Waals surface area contributed by atoms with Gasteiger partial charge in [0.05, 0.1) is 5.56 Å². The summed E-state index contributed by atoms with van der Waals surface area (Å²) in [5, 5.41) is 7.40. The Morgan fingerprint density at radius 1 is 0.935 bits per heavy atom. The number of para-hydroxylation sites is 2. The molecule has 4 aromatic rings. The molecule has 1 aromatic heterocycles. The maximum Gasteiger partial charge on any atom is 0.264 e. The Balaban J connectivity index is 1.39. The number of rotatable bonds is 8. The molecule has 0 saturated carbocycles. The molecule has 0 unspecified atom stereocenters. The number of hydrogen-bond acceptors (Lipinski definition) is 6. The molecule has 31 heavy (non-hydrogen) atoms. The van der Waals surface area contributed by atoms with E-state index >= 15 is 0 Å². The third kappa shape index (κ3) is 5.61. The summed E-state index contributed by atoms with van der Waals surface area (Å²) in [6, 6.07) is 23.3. The first-order chi connectivity index (χ1) is 15.2. The van der Waals surface area contributed by atoms with E-state index in [0.29, 0.717) is 39.5 Å². The van der Waals surface area contributed by atoms with Gasteiger partial charge in [-0.2, -0.15) is 4.98 Å². The van der Waals surface area contributed by atoms with Crippen molar-refractivity contribution in [3.8, 4) is 22.9 Å². The molecule has 4 rings (SSSR count). The fourth-order valence-corrected chi connectivity index (χ4v) is 2.86. The molecule has 0 radical (unpaired) electrons. The number of hydrogen-bond donors (Lipinski definition) is 1. The molecule has 1 N–H and O–H groups in total. The highest BCUT2D eigenvalue weighted by Crippen LogP contribution is 2.28. The molecule has 1 amide bonds. The number of carbonyl (C=O) groups excluding carboxylic acids is 1. The third-order valence-corrected chi connectivity index (χ3v) is 4.44. The minimum Gasteiger partial charge on any atom is -0.484 e. The number of halogens is 1. The lowest BCUT2D eigenvalue weighted by Gasteiger charge is -2.09. The predicted octanol–water partition coefficient (Wildman–Crippen LogP) is 4.99. The van der Waals surface area contributed by atoms with Crippen molar-refractivity contribution >= 4 is 23.2 Å². The largest absolute Gasteiger partial charge is 0.484 e. The number of nitrogens with one attached hydrogen (secondary N) is 1. The molecule has 0 aliphatic rings. The Bertz CT molecular complexity index is 1150. The first kappa shape index (κ1) is 20.4. The molecular formula is C23H18ClN3O4. The summed E-state index contributed by atoms with van der Waals surface area (Å²) in [4.78, 5) is 16.5. The molecule has 0 atom stereocenters. The van der Waals surface area contributed by atoms with E-state index in [2.05, 4.69) is 15.5 Å². The molecule has 0 saturated heterocycles. The Morgan fingerprint density at radius 3 is 2.48 bits per heavy atom. The van der Waals surface area contributed by atoms with E-state index < -0.39 is 0 Å². The van der Waals surface area contributed by atoms with Crippen LogP contribution in [0.25, 0.3) is 11.4 Å². The Morgan fingerprint density at radius 2 is 1.68 bits per heavy atom. The van der Waals surface area contributed by atoms with Gasteiger partial charge in [0.15, 0.2) is 13.2 Å². The summed E-state index contributed by atoms with van der Waals surface area (Å²) in [7, 11) is 0. The van der Waals surface area contributed by atoms with Crippen molar-refractivity contribution in [2.45, 2.75) is 6.61 Å². The minimum atomic E-state index is -0.272. The lowest BCUT2D eigenvalue weighted by molar-refractivity contribution is -0.118. The molecule has 0 aliphatic heterocycles. The number of aromatic nitrogens is 2. The summed E-state index contributed by atoms with van der Waals surface area (Å²) < 4.78 is 16.6. The van der Waals surface area contributed by atoms with E-state index in [-0.39, 0.29) is 19.1 Å². The van der Waals surface area contributed by atoms with Gasteiger partial charge in [0.25, 0.3) is 11.8 Å². The summed E-state index contributed by atoms with van der Waals surface area (Å²) in [6.07, 6.45) is 0. The summed E-state index contributed by atoms with van der Waals surface area (Å²) in [6.45, 7) is -0.0482. The lowest BCUT2D eigenvalue weighted by Crippen LogP contribution is -2.20. The zero-order valence-electron chi connectivity index (χ0n) is 16.3. The molecule has 156 valence electrons. The maximum atomic E-state index is 12.2. The zero-order chi connectivity index (χ0) is 21.5. The van der Waals surface area contributed by atoms with Crippen molar-refractivity contribution < 1.29 is 18.8 Å². The van der Waals surface area contributed by atoms with Gasteiger partial charge in [0.2, 0.25) is 5.82 Å². The van der Waals surface area contributed by atoms with Gasteiger partial charge in [-0.3, -0.25) is 4.79 Å². The SMILES string of the molecule is O=C(COc1ccccc1-c1noc(COc2ccc(Cl)cc2)n1)Nc1ccccc1. The van der Waals surface area contributed by atoms with Crippen LogP contribution in [-0.2, 0) is 11.4 Å². The second kappa shape index (κ2) is 9.77. The van der Waals surface area contributed by atoms with E-state index in [0.717, 1.165) is 0 Å². The Hall–Kier alpha value is -3.84. The average Bonchev–Trinajstić information content (AvgIpc) is 3.27. The standard InChI is InChI=1S/C23H18ClN3O4/c24-16-10-12-18(13-11-16)29-15-22-26-23(27-31-22)19-8-4-5-9-20(19)30-14-21(28)25-17-6-2-1-3-7-17/h1-13H,14-15H2,(H,25,28). The second-order valence-electron chi connectivity index (χ2n) is 6.45. The van der Waals surface area contributed by atoms with Gasteiger partial charge in [0.1, 0.15) is 11.5 Å². The van der Waals surface area contributed by atoms with Crippen LogP contribution in [-0.4, -0.2) is 22.7 Å². The van der Waals surface area contributed by atoms with Crippen molar-refractivity contribution in [3.63, 3.8) is 0 Å². The zero-order valence-corrected chi connectivity index (χ0v) is 17.1. The molecule has 1 heterocycles. The topological polar surface area (TPSA) is 86.5 Å². The number of amides is 1. The van der Waals surface area contributed by atoms with Crippen molar-refractivity contribution in [2.75, 3.05) is 11.9 Å². The monoisotopic (exact) mass is 435 g/mol. The smallest absolute Gasteiger partial charge is 0.264 e. The molecule has 7 nitrogen and oxygen atoms in total. The molecule has 3 aromatic carbocycles. The van der Waals surface area contributed by atoms with Crippen LogP contribution in [0.1, 0.15) is 5.89 Å². The van der Waals surface area contributed by atoms with E-state index in [4.69, 9.17) is 25.6 Å². The summed E-state index contributed by atoms with van der Waals surface area (Å²) in [5.41, 5.74) is 1.31. The number of ether oxygens (including phenoxy) is 2. The third-order valence-electron chi connectivity index (χ3n) is 4.19. The fraction of sp³-hybridized carbons (Fsp3) is 0.0870. The minimum absolute atomic E-state index is 0.108. The van der Waals surface area contributed by atoms with Crippen LogP contribution in [0.15, 0.2) is 83.4 Å². The average molecular weight is 436 g/mol. The van der Waals surface area contributed by atoms with Gasteiger partial charge in [0, 0.05) is 10.7 Å². The van der Waals surface area contributed by atoms with Gasteiger partial charge >= 0.3 is 0 Å². The van der Waals surface area contributed by atoms with Crippen LogP contribution in [0.3, 0.4) is 0 Å². The van der Waals surface area contributed by atoms with Crippen molar-refractivity contribution in [3.05, 3.63) is 89.8 Å². The van der Waals surface area contributed by atoms with Gasteiger partial charge < -0.3 is 19.3 Å². The molecule has 0 aliphatic carbocycles. The molecular weight excluding hydrogens is 418 g/mol. The van der Waals surface area contributed by atoms with Crippen LogP contribution < -0.4 is 14.8 Å². The number of carbonyl (C=O) groups is 1. The van der Waals surface area contributed by atoms with Crippen LogP contribution in [0.2, 0.25) is 5.02 Å². The van der Waals surface area contributed by atoms with Gasteiger partial charge in [-0.25, -0.2) is 0 Å². The first-order valence-corrected chi connectivity index (χ1v) is 9.83. The Labute approximate surface area is 183 Å². The van der Waals surface area contributed by atoms with Crippen LogP contribution in [0.4, 0.5) is 5.69 Å². The Kier molecular flexibility index (Phi) is 6.44. The highest BCUT2D eigenvalue weighted by atomic mass is 35.5. The van der Waals surface area contributed by atoms with Crippen molar-refractivity contribution in [1.82, 2.24) is 10.1 Å². The van der Waals surface area contributed by atoms with Gasteiger partial charge in [-0.05, 0) is 48.5 Å². The highest BCUT2D eigenvalue weighted by molar-refractivity contribution is 6.30. The normalized spacial score (nSPS) is 10.5. The fourth-order valence-electron chi connectivity index (χ4n) is 2.74. The first-order valence-electron chi connectivity index (χ1n) is 9.45. The summed E-state index contributed by atoms with van der Waals surface area (Å²) >= 11 is 5.87. The molecule has 8 heteroatoms. The quantitative estimate of drug-likeness (QED) is 0.419. The number of nitrogens with zero attached hydrogens (tertiary/aromatic N) is 2. The van der Waals surface area contributed by atoms with E-state index in [1.54, 1.807) is 54.6 Å². The molecule has 0 spiro atoms. The molecule has 0 bridgehead atoms. The number of anilines is 1. The van der Waals surface area contributed by atoms with Gasteiger partial charge in [-0.1, -0.05) is 47.1 Å². The lowest BCUT2D eigenvalue weighted by atomic mass is 10.2. The highest BCUT2D eigenvalue weighted by Gasteiger charge is 2.15. The summed E-state index contributed by atoms with van der Waals surface area (Å²) in [5.74, 6) is 1.48. The van der Waals surface area contributed by atoms with E-state index in [1.165, 1.54) is 0 Å². The predicted molar refractivity (Wildman–Crippen MR) is 116 cm³/mol. The molecule has 0 fully saturated rings. The van der Waals surface area contributed by atoms with Crippen molar-refractivity contribution in [2.24, 2.45) is 0 Å². The van der Waals surface area contributed by atoms with Gasteiger partial charge in [-0.15, -0.1) is 0 Å². The van der Waals surface area contributed by atoms with Crippen LogP contribution in [0.5, 0.6) is 11.5 Å². The second-order valence-corrected chi connectivity index (χ2v) is 6.89. The van der Waals surface area contributed by atoms with Crippen LogP contribution >= 0.6 is 11.6 Å². The van der Waals surface area contributed by atoms with Crippen LogP contribution in [0, 0.1) is 0 Å².